The van der Waals surface area contributed by atoms with Crippen molar-refractivity contribution in [3.63, 3.8) is 0 Å². The molecule has 100 valence electrons. The van der Waals surface area contributed by atoms with Gasteiger partial charge in [-0.05, 0) is 19.1 Å². The lowest BCUT2D eigenvalue weighted by Crippen LogP contribution is -2.31. The summed E-state index contributed by atoms with van der Waals surface area (Å²) in [5, 5.41) is 19.8. The van der Waals surface area contributed by atoms with Crippen LogP contribution in [-0.2, 0) is 10.0 Å². The normalized spacial score (nSPS) is 13.3. The molecule has 1 aromatic rings. The molecule has 0 aliphatic heterocycles. The second kappa shape index (κ2) is 5.74. The van der Waals surface area contributed by atoms with E-state index in [1.165, 1.54) is 13.0 Å². The second-order valence-electron chi connectivity index (χ2n) is 3.57. The zero-order chi connectivity index (χ0) is 13.9. The highest BCUT2D eigenvalue weighted by Crippen LogP contribution is 2.26. The largest absolute Gasteiger partial charge is 0.392 e. The van der Waals surface area contributed by atoms with Crippen LogP contribution < -0.4 is 4.72 Å². The van der Waals surface area contributed by atoms with Gasteiger partial charge >= 0.3 is 0 Å². The van der Waals surface area contributed by atoms with Crippen LogP contribution in [0, 0.1) is 10.1 Å². The summed E-state index contributed by atoms with van der Waals surface area (Å²) in [6.07, 6.45) is -0.883. The Morgan fingerprint density at radius 1 is 1.56 bits per heavy atom. The number of hydrogen-bond donors (Lipinski definition) is 2. The van der Waals surface area contributed by atoms with Crippen LogP contribution >= 0.6 is 15.9 Å². The molecule has 0 heterocycles. The number of hydrogen-bond acceptors (Lipinski definition) is 5. The zero-order valence-corrected chi connectivity index (χ0v) is 11.7. The van der Waals surface area contributed by atoms with Crippen molar-refractivity contribution in [1.29, 1.82) is 0 Å². The van der Waals surface area contributed by atoms with E-state index in [4.69, 9.17) is 5.11 Å². The van der Waals surface area contributed by atoms with E-state index in [0.29, 0.717) is 4.47 Å². The van der Waals surface area contributed by atoms with Crippen LogP contribution in [0.3, 0.4) is 0 Å². The highest BCUT2D eigenvalue weighted by Gasteiger charge is 2.25. The van der Waals surface area contributed by atoms with E-state index in [2.05, 4.69) is 20.7 Å². The average molecular weight is 339 g/mol. The van der Waals surface area contributed by atoms with Gasteiger partial charge in [0.2, 0.25) is 10.0 Å². The summed E-state index contributed by atoms with van der Waals surface area (Å²) in [5.41, 5.74) is -0.517. The number of nitro groups is 1. The smallest absolute Gasteiger partial charge is 0.289 e. The molecule has 0 fully saturated rings. The Bertz CT molecular complexity index is 558. The first-order valence-electron chi connectivity index (χ1n) is 4.85. The van der Waals surface area contributed by atoms with E-state index in [1.807, 2.05) is 0 Å². The molecule has 0 bridgehead atoms. The minimum atomic E-state index is -4.04. The van der Waals surface area contributed by atoms with Crippen LogP contribution in [-0.4, -0.2) is 31.1 Å². The Hall–Kier alpha value is -1.03. The molecule has 0 aliphatic carbocycles. The molecule has 7 nitrogen and oxygen atoms in total. The monoisotopic (exact) mass is 338 g/mol. The Morgan fingerprint density at radius 2 is 2.17 bits per heavy atom. The molecule has 1 aromatic carbocycles. The van der Waals surface area contributed by atoms with E-state index in [0.717, 1.165) is 12.1 Å². The van der Waals surface area contributed by atoms with Crippen LogP contribution in [0.1, 0.15) is 6.92 Å². The van der Waals surface area contributed by atoms with Gasteiger partial charge in [0.25, 0.3) is 5.69 Å². The Morgan fingerprint density at radius 3 is 2.67 bits per heavy atom. The van der Waals surface area contributed by atoms with E-state index in [-0.39, 0.29) is 6.54 Å². The summed E-state index contributed by atoms with van der Waals surface area (Å²) in [5.74, 6) is 0. The minimum absolute atomic E-state index is 0.216. The summed E-state index contributed by atoms with van der Waals surface area (Å²) in [7, 11) is -4.04. The van der Waals surface area contributed by atoms with Crippen LogP contribution in [0.4, 0.5) is 5.69 Å². The number of sulfonamides is 1. The quantitative estimate of drug-likeness (QED) is 0.615. The van der Waals surface area contributed by atoms with Crippen molar-refractivity contribution in [3.05, 3.63) is 32.8 Å². The van der Waals surface area contributed by atoms with Crippen LogP contribution in [0.15, 0.2) is 27.6 Å². The first-order chi connectivity index (χ1) is 8.24. The van der Waals surface area contributed by atoms with Gasteiger partial charge in [-0.1, -0.05) is 15.9 Å². The summed E-state index contributed by atoms with van der Waals surface area (Å²) < 4.78 is 26.2. The number of nitrogens with one attached hydrogen (secondary N) is 1. The first-order valence-corrected chi connectivity index (χ1v) is 7.13. The number of nitrogens with zero attached hydrogens (tertiary/aromatic N) is 1. The fourth-order valence-electron chi connectivity index (χ4n) is 1.16. The standard InChI is InChI=1S/C9H11BrN2O5S/c1-6(13)5-11-18(16,17)9-4-7(10)2-3-8(9)12(14)15/h2-4,6,11,13H,5H2,1H3/t6-/m0/s1. The van der Waals surface area contributed by atoms with Crippen molar-refractivity contribution in [2.24, 2.45) is 0 Å². The van der Waals surface area contributed by atoms with Gasteiger partial charge in [0.1, 0.15) is 0 Å². The maximum Gasteiger partial charge on any atom is 0.289 e. The Labute approximate surface area is 112 Å². The molecule has 2 N–H and O–H groups in total. The minimum Gasteiger partial charge on any atom is -0.392 e. The van der Waals surface area contributed by atoms with E-state index in [1.54, 1.807) is 0 Å². The number of halogens is 1. The highest BCUT2D eigenvalue weighted by atomic mass is 79.9. The summed E-state index contributed by atoms with van der Waals surface area (Å²) in [6, 6.07) is 3.62. The molecule has 0 aliphatic rings. The van der Waals surface area contributed by atoms with Gasteiger partial charge < -0.3 is 5.11 Å². The van der Waals surface area contributed by atoms with Crippen molar-refractivity contribution in [2.75, 3.05) is 6.54 Å². The SMILES string of the molecule is C[C@H](O)CNS(=O)(=O)c1cc(Br)ccc1[N+](=O)[O-]. The van der Waals surface area contributed by atoms with E-state index < -0.39 is 31.6 Å². The third-order valence-electron chi connectivity index (χ3n) is 1.98. The van der Waals surface area contributed by atoms with Gasteiger partial charge in [-0.25, -0.2) is 13.1 Å². The molecule has 0 saturated heterocycles. The fraction of sp³-hybridized carbons (Fsp3) is 0.333. The Kier molecular flexibility index (Phi) is 4.79. The molecule has 9 heteroatoms. The molecule has 1 atom stereocenters. The highest BCUT2D eigenvalue weighted by molar-refractivity contribution is 9.10. The van der Waals surface area contributed by atoms with Crippen LogP contribution in [0.5, 0.6) is 0 Å². The van der Waals surface area contributed by atoms with Crippen molar-refractivity contribution in [2.45, 2.75) is 17.9 Å². The van der Waals surface area contributed by atoms with Crippen LogP contribution in [0.2, 0.25) is 0 Å². The van der Waals surface area contributed by atoms with Crippen molar-refractivity contribution in [3.8, 4) is 0 Å². The lowest BCUT2D eigenvalue weighted by molar-refractivity contribution is -0.387. The average Bonchev–Trinajstić information content (AvgIpc) is 2.26. The topological polar surface area (TPSA) is 110 Å². The third-order valence-corrected chi connectivity index (χ3v) is 3.92. The molecule has 0 unspecified atom stereocenters. The number of benzene rings is 1. The van der Waals surface area contributed by atoms with E-state index in [9.17, 15) is 18.5 Å². The molecule has 0 spiro atoms. The van der Waals surface area contributed by atoms with Crippen molar-refractivity contribution >= 4 is 31.6 Å². The zero-order valence-electron chi connectivity index (χ0n) is 9.33. The summed E-state index contributed by atoms with van der Waals surface area (Å²) >= 11 is 3.05. The molecule has 0 aromatic heterocycles. The second-order valence-corrected chi connectivity index (χ2v) is 6.22. The van der Waals surface area contributed by atoms with Gasteiger partial charge in [0.15, 0.2) is 4.90 Å². The maximum atomic E-state index is 11.9. The molecule has 0 radical (unpaired) electrons. The molecule has 0 amide bonds. The molecule has 0 saturated carbocycles. The molecule has 1 rings (SSSR count). The number of nitro benzene ring substituents is 1. The lowest BCUT2D eigenvalue weighted by Gasteiger charge is -2.09. The maximum absolute atomic E-state index is 11.9. The summed E-state index contributed by atoms with van der Waals surface area (Å²) in [6.45, 7) is 1.18. The predicted octanol–water partition coefficient (Wildman–Crippen LogP) is 1.02. The predicted molar refractivity (Wildman–Crippen MR) is 67.7 cm³/mol. The fourth-order valence-corrected chi connectivity index (χ4v) is 2.99. The van der Waals surface area contributed by atoms with E-state index >= 15 is 0 Å². The Balaban J connectivity index is 3.22. The van der Waals surface area contributed by atoms with Crippen LogP contribution in [0.25, 0.3) is 0 Å². The van der Waals surface area contributed by atoms with Gasteiger partial charge in [0.05, 0.1) is 11.0 Å². The van der Waals surface area contributed by atoms with Gasteiger partial charge in [0, 0.05) is 17.1 Å². The molecular formula is C9H11BrN2O5S. The molecular weight excluding hydrogens is 328 g/mol. The third kappa shape index (κ3) is 3.73. The summed E-state index contributed by atoms with van der Waals surface area (Å²) in [4.78, 5) is 9.55. The molecule has 18 heavy (non-hydrogen) atoms. The van der Waals surface area contributed by atoms with Crippen molar-refractivity contribution < 1.29 is 18.4 Å². The van der Waals surface area contributed by atoms with Gasteiger partial charge in [-0.2, -0.15) is 0 Å². The van der Waals surface area contributed by atoms with Crippen molar-refractivity contribution in [1.82, 2.24) is 4.72 Å². The number of rotatable bonds is 5. The number of aliphatic hydroxyl groups is 1. The van der Waals surface area contributed by atoms with Gasteiger partial charge in [-0.15, -0.1) is 0 Å². The number of aliphatic hydroxyl groups excluding tert-OH is 1. The van der Waals surface area contributed by atoms with Gasteiger partial charge in [-0.3, -0.25) is 10.1 Å². The lowest BCUT2D eigenvalue weighted by atomic mass is 10.3. The first kappa shape index (κ1) is 15.0.